The molecule has 0 amide bonds. The van der Waals surface area contributed by atoms with Crippen molar-refractivity contribution in [3.05, 3.63) is 29.8 Å². The normalized spacial score (nSPS) is 14.6. The van der Waals surface area contributed by atoms with E-state index in [1.165, 1.54) is 12.3 Å². The fourth-order valence-corrected chi connectivity index (χ4v) is 2.43. The van der Waals surface area contributed by atoms with Gasteiger partial charge in [0.15, 0.2) is 0 Å². The summed E-state index contributed by atoms with van der Waals surface area (Å²) in [4.78, 5) is 4.13. The number of rotatable bonds is 7. The highest BCUT2D eigenvalue weighted by atomic mass is 32.2. The van der Waals surface area contributed by atoms with Crippen LogP contribution in [0.4, 0.5) is 4.39 Å². The molecule has 0 bridgehead atoms. The number of halogens is 1. The molecule has 0 aliphatic heterocycles. The van der Waals surface area contributed by atoms with Crippen molar-refractivity contribution in [3.63, 3.8) is 0 Å². The first-order chi connectivity index (χ1) is 8.17. The summed E-state index contributed by atoms with van der Waals surface area (Å²) in [5.74, 6) is 1.51. The van der Waals surface area contributed by atoms with Crippen LogP contribution in [0.2, 0.25) is 0 Å². The first-order valence-corrected chi connectivity index (χ1v) is 7.40. The van der Waals surface area contributed by atoms with Crippen LogP contribution in [-0.2, 0) is 0 Å². The Hall–Kier alpha value is -0.610. The monoisotopic (exact) mass is 256 g/mol. The summed E-state index contributed by atoms with van der Waals surface area (Å²) in [5, 5.41) is 3.49. The third-order valence-corrected chi connectivity index (χ3v) is 3.58. The molecule has 1 aromatic heterocycles. The molecule has 0 saturated heterocycles. The molecule has 0 aromatic carbocycles. The van der Waals surface area contributed by atoms with Crippen molar-refractivity contribution in [2.75, 3.05) is 18.6 Å². The van der Waals surface area contributed by atoms with E-state index in [0.717, 1.165) is 24.4 Å². The number of nitrogens with zero attached hydrogens (tertiary/aromatic N) is 1. The summed E-state index contributed by atoms with van der Waals surface area (Å²) in [7, 11) is 0. The van der Waals surface area contributed by atoms with Gasteiger partial charge in [-0.1, -0.05) is 13.8 Å². The molecule has 2 atom stereocenters. The summed E-state index contributed by atoms with van der Waals surface area (Å²) < 4.78 is 12.8. The van der Waals surface area contributed by atoms with Gasteiger partial charge in [0, 0.05) is 6.04 Å². The van der Waals surface area contributed by atoms with E-state index in [2.05, 4.69) is 30.4 Å². The molecule has 0 fully saturated rings. The maximum atomic E-state index is 12.8. The van der Waals surface area contributed by atoms with Gasteiger partial charge in [-0.3, -0.25) is 4.98 Å². The zero-order valence-corrected chi connectivity index (χ0v) is 11.6. The van der Waals surface area contributed by atoms with Gasteiger partial charge in [0.25, 0.3) is 0 Å². The summed E-state index contributed by atoms with van der Waals surface area (Å²) in [6.07, 6.45) is 4.37. The van der Waals surface area contributed by atoms with Gasteiger partial charge in [0.05, 0.1) is 11.9 Å². The molecule has 0 aliphatic carbocycles. The third-order valence-electron chi connectivity index (χ3n) is 2.68. The predicted octanol–water partition coefficient (Wildman–Crippen LogP) is 3.26. The summed E-state index contributed by atoms with van der Waals surface area (Å²) in [5.41, 5.74) is 0.922. The minimum Gasteiger partial charge on any atom is -0.308 e. The van der Waals surface area contributed by atoms with Crippen LogP contribution in [0.5, 0.6) is 0 Å². The maximum Gasteiger partial charge on any atom is 0.141 e. The molecule has 17 heavy (non-hydrogen) atoms. The molecular weight excluding hydrogens is 235 g/mol. The van der Waals surface area contributed by atoms with E-state index in [0.29, 0.717) is 5.92 Å². The Morgan fingerprint density at radius 3 is 2.76 bits per heavy atom. The van der Waals surface area contributed by atoms with E-state index in [1.807, 2.05) is 11.8 Å². The van der Waals surface area contributed by atoms with E-state index in [-0.39, 0.29) is 11.9 Å². The number of hydrogen-bond donors (Lipinski definition) is 1. The van der Waals surface area contributed by atoms with Gasteiger partial charge in [-0.15, -0.1) is 0 Å². The second-order valence-electron chi connectivity index (χ2n) is 4.33. The smallest absolute Gasteiger partial charge is 0.141 e. The van der Waals surface area contributed by atoms with Crippen molar-refractivity contribution in [2.45, 2.75) is 26.3 Å². The Morgan fingerprint density at radius 2 is 2.24 bits per heavy atom. The maximum absolute atomic E-state index is 12.8. The minimum atomic E-state index is -0.278. The molecule has 0 saturated carbocycles. The fraction of sp³-hybridized carbons (Fsp3) is 0.615. The van der Waals surface area contributed by atoms with E-state index in [1.54, 1.807) is 6.07 Å². The topological polar surface area (TPSA) is 24.9 Å². The van der Waals surface area contributed by atoms with Crippen molar-refractivity contribution in [1.29, 1.82) is 0 Å². The van der Waals surface area contributed by atoms with Gasteiger partial charge in [0.1, 0.15) is 5.82 Å². The van der Waals surface area contributed by atoms with Gasteiger partial charge < -0.3 is 5.32 Å². The Labute approximate surface area is 107 Å². The first-order valence-electron chi connectivity index (χ1n) is 6.01. The Balaban J connectivity index is 2.51. The van der Waals surface area contributed by atoms with E-state index in [9.17, 15) is 4.39 Å². The van der Waals surface area contributed by atoms with Crippen LogP contribution in [0, 0.1) is 11.7 Å². The second-order valence-corrected chi connectivity index (χ2v) is 5.24. The lowest BCUT2D eigenvalue weighted by Gasteiger charge is -2.19. The molecule has 0 aliphatic rings. The quantitative estimate of drug-likeness (QED) is 0.810. The van der Waals surface area contributed by atoms with Crippen LogP contribution >= 0.6 is 11.8 Å². The molecule has 1 rings (SSSR count). The van der Waals surface area contributed by atoms with Crippen LogP contribution in [0.1, 0.15) is 32.0 Å². The van der Waals surface area contributed by atoms with Crippen molar-refractivity contribution in [2.24, 2.45) is 5.92 Å². The van der Waals surface area contributed by atoms with Crippen LogP contribution < -0.4 is 5.32 Å². The van der Waals surface area contributed by atoms with Crippen molar-refractivity contribution < 1.29 is 4.39 Å². The van der Waals surface area contributed by atoms with E-state index >= 15 is 0 Å². The average Bonchev–Trinajstić information content (AvgIpc) is 2.32. The number of hydrogen-bond acceptors (Lipinski definition) is 3. The van der Waals surface area contributed by atoms with Crippen molar-refractivity contribution in [1.82, 2.24) is 10.3 Å². The van der Waals surface area contributed by atoms with Crippen LogP contribution in [0.15, 0.2) is 18.3 Å². The standard InChI is InChI=1S/C13H21FN2S/c1-4-12(15-7-10(2)9-17-3)13-6-5-11(14)8-16-13/h5-6,8,10,12,15H,4,7,9H2,1-3H3. The number of aromatic nitrogens is 1. The fourth-order valence-electron chi connectivity index (χ4n) is 1.74. The Kier molecular flexibility index (Phi) is 6.52. The van der Waals surface area contributed by atoms with Gasteiger partial charge in [0.2, 0.25) is 0 Å². The van der Waals surface area contributed by atoms with Crippen LogP contribution in [0.3, 0.4) is 0 Å². The highest BCUT2D eigenvalue weighted by Crippen LogP contribution is 2.15. The number of pyridine rings is 1. The van der Waals surface area contributed by atoms with Crippen LogP contribution in [0.25, 0.3) is 0 Å². The van der Waals surface area contributed by atoms with Gasteiger partial charge in [-0.05, 0) is 43.0 Å². The van der Waals surface area contributed by atoms with Crippen molar-refractivity contribution in [3.8, 4) is 0 Å². The van der Waals surface area contributed by atoms with Gasteiger partial charge in [-0.2, -0.15) is 11.8 Å². The second kappa shape index (κ2) is 7.67. The summed E-state index contributed by atoms with van der Waals surface area (Å²) >= 11 is 1.86. The summed E-state index contributed by atoms with van der Waals surface area (Å²) in [6, 6.07) is 3.45. The van der Waals surface area contributed by atoms with Gasteiger partial charge >= 0.3 is 0 Å². The number of thioether (sulfide) groups is 1. The molecular formula is C13H21FN2S. The summed E-state index contributed by atoms with van der Waals surface area (Å²) in [6.45, 7) is 5.31. The van der Waals surface area contributed by atoms with Crippen LogP contribution in [-0.4, -0.2) is 23.5 Å². The molecule has 1 heterocycles. The van der Waals surface area contributed by atoms with Crippen molar-refractivity contribution >= 4 is 11.8 Å². The lowest BCUT2D eigenvalue weighted by atomic mass is 10.1. The molecule has 0 spiro atoms. The third kappa shape index (κ3) is 5.04. The molecule has 1 N–H and O–H groups in total. The Morgan fingerprint density at radius 1 is 1.47 bits per heavy atom. The lowest BCUT2D eigenvalue weighted by molar-refractivity contribution is 0.459. The highest BCUT2D eigenvalue weighted by molar-refractivity contribution is 7.98. The zero-order chi connectivity index (χ0) is 12.7. The van der Waals surface area contributed by atoms with Gasteiger partial charge in [-0.25, -0.2) is 4.39 Å². The molecule has 2 nitrogen and oxygen atoms in total. The zero-order valence-electron chi connectivity index (χ0n) is 10.7. The highest BCUT2D eigenvalue weighted by Gasteiger charge is 2.11. The molecule has 2 unspecified atom stereocenters. The first kappa shape index (κ1) is 14.5. The largest absolute Gasteiger partial charge is 0.308 e. The van der Waals surface area contributed by atoms with E-state index < -0.39 is 0 Å². The minimum absolute atomic E-state index is 0.222. The SMILES string of the molecule is CCC(NCC(C)CSC)c1ccc(F)cn1. The molecule has 4 heteroatoms. The average molecular weight is 256 g/mol. The Bertz CT molecular complexity index is 316. The molecule has 1 aromatic rings. The molecule has 0 radical (unpaired) electrons. The number of nitrogens with one attached hydrogen (secondary N) is 1. The predicted molar refractivity (Wildman–Crippen MR) is 72.8 cm³/mol. The molecule has 96 valence electrons. The lowest BCUT2D eigenvalue weighted by Crippen LogP contribution is -2.27. The van der Waals surface area contributed by atoms with E-state index in [4.69, 9.17) is 0 Å².